The van der Waals surface area contributed by atoms with Crippen molar-refractivity contribution in [2.45, 2.75) is 6.10 Å². The number of amides is 1. The normalized spacial score (nSPS) is 11.8. The topological polar surface area (TPSA) is 65.1 Å². The fraction of sp³-hybridized carbons (Fsp3) is 0.238. The van der Waals surface area contributed by atoms with Gasteiger partial charge in [0.2, 0.25) is 6.10 Å². The number of carbonyl (C=O) groups excluding carboxylic acids is 2. The van der Waals surface area contributed by atoms with Crippen molar-refractivity contribution in [1.29, 1.82) is 0 Å². The fourth-order valence-electron chi connectivity index (χ4n) is 2.48. The number of benzene rings is 2. The van der Waals surface area contributed by atoms with Gasteiger partial charge in [-0.05, 0) is 23.8 Å². The summed E-state index contributed by atoms with van der Waals surface area (Å²) >= 11 is 6.16. The Balaban J connectivity index is 2.21. The predicted molar refractivity (Wildman–Crippen MR) is 108 cm³/mol. The van der Waals surface area contributed by atoms with E-state index in [0.29, 0.717) is 27.6 Å². The van der Waals surface area contributed by atoms with Crippen molar-refractivity contribution in [1.82, 2.24) is 4.90 Å². The number of halogens is 1. The van der Waals surface area contributed by atoms with E-state index in [1.165, 1.54) is 31.3 Å². The molecule has 6 nitrogen and oxygen atoms in total. The first-order chi connectivity index (χ1) is 13.4. The van der Waals surface area contributed by atoms with Crippen molar-refractivity contribution in [2.75, 3.05) is 28.3 Å². The Hall–Kier alpha value is -2.99. The van der Waals surface area contributed by atoms with Crippen LogP contribution in [0.25, 0.3) is 6.08 Å². The quantitative estimate of drug-likeness (QED) is 0.520. The Labute approximate surface area is 169 Å². The molecule has 0 fully saturated rings. The van der Waals surface area contributed by atoms with E-state index >= 15 is 0 Å². The molecular formula is C21H22ClNO5. The van der Waals surface area contributed by atoms with Crippen molar-refractivity contribution >= 4 is 29.6 Å². The molecule has 2 rings (SSSR count). The zero-order valence-corrected chi connectivity index (χ0v) is 16.9. The maximum atomic E-state index is 12.4. The number of methoxy groups -OCH3 is 2. The van der Waals surface area contributed by atoms with Gasteiger partial charge in [-0.15, -0.1) is 0 Å². The van der Waals surface area contributed by atoms with Crippen LogP contribution in [0.3, 0.4) is 0 Å². The second kappa shape index (κ2) is 9.80. The molecule has 0 saturated carbocycles. The number of rotatable bonds is 7. The highest BCUT2D eigenvalue weighted by Gasteiger charge is 2.25. The molecule has 0 aliphatic carbocycles. The van der Waals surface area contributed by atoms with Gasteiger partial charge in [0, 0.05) is 25.7 Å². The Morgan fingerprint density at radius 2 is 1.75 bits per heavy atom. The molecule has 0 spiro atoms. The first-order valence-corrected chi connectivity index (χ1v) is 8.81. The van der Waals surface area contributed by atoms with Crippen molar-refractivity contribution in [2.24, 2.45) is 0 Å². The Kier molecular flexibility index (Phi) is 7.46. The molecule has 0 radical (unpaired) electrons. The number of ether oxygens (including phenoxy) is 3. The lowest BCUT2D eigenvalue weighted by atomic mass is 10.1. The summed E-state index contributed by atoms with van der Waals surface area (Å²) in [6.07, 6.45) is 1.73. The zero-order chi connectivity index (χ0) is 20.7. The third-order valence-corrected chi connectivity index (χ3v) is 4.15. The van der Waals surface area contributed by atoms with E-state index in [2.05, 4.69) is 0 Å². The van der Waals surface area contributed by atoms with Gasteiger partial charge < -0.3 is 19.1 Å². The first kappa shape index (κ1) is 21.3. The van der Waals surface area contributed by atoms with Crippen LogP contribution in [-0.4, -0.2) is 45.1 Å². The van der Waals surface area contributed by atoms with Crippen LogP contribution >= 0.6 is 11.6 Å². The summed E-state index contributed by atoms with van der Waals surface area (Å²) in [5.41, 5.74) is 1.21. The highest BCUT2D eigenvalue weighted by molar-refractivity contribution is 6.32. The molecule has 148 valence electrons. The van der Waals surface area contributed by atoms with Gasteiger partial charge in [0.05, 0.1) is 19.2 Å². The number of likely N-dealkylation sites (N-methyl/N-ethyl adjacent to an activating group) is 1. The van der Waals surface area contributed by atoms with Crippen LogP contribution in [0.4, 0.5) is 0 Å². The Bertz CT molecular complexity index is 865. The van der Waals surface area contributed by atoms with Crippen LogP contribution in [0.5, 0.6) is 11.5 Å². The monoisotopic (exact) mass is 403 g/mol. The molecule has 0 bridgehead atoms. The molecule has 1 atom stereocenters. The van der Waals surface area contributed by atoms with Crippen LogP contribution in [0, 0.1) is 0 Å². The fourth-order valence-corrected chi connectivity index (χ4v) is 2.77. The third kappa shape index (κ3) is 5.27. The second-order valence-corrected chi connectivity index (χ2v) is 6.44. The van der Waals surface area contributed by atoms with Gasteiger partial charge in [-0.1, -0.05) is 41.9 Å². The minimum absolute atomic E-state index is 0.331. The number of hydrogen-bond donors (Lipinski definition) is 0. The molecule has 28 heavy (non-hydrogen) atoms. The summed E-state index contributed by atoms with van der Waals surface area (Å²) in [6.45, 7) is 0. The standard InChI is InChI=1S/C21H22ClNO5/c1-23(2)21(25)19(15-8-6-5-7-9-15)28-18(24)11-10-14-12-16(22)20(27-4)17(13-14)26-3/h5-13,19H,1-4H3/b11-10+/t19-/m1/s1. The van der Waals surface area contributed by atoms with Crippen molar-refractivity contribution in [3.05, 3.63) is 64.7 Å². The van der Waals surface area contributed by atoms with Gasteiger partial charge in [-0.25, -0.2) is 4.79 Å². The molecule has 7 heteroatoms. The molecule has 2 aromatic carbocycles. The molecule has 2 aromatic rings. The molecule has 1 amide bonds. The first-order valence-electron chi connectivity index (χ1n) is 8.43. The summed E-state index contributed by atoms with van der Waals surface area (Å²) in [6, 6.07) is 12.2. The average molecular weight is 404 g/mol. The minimum Gasteiger partial charge on any atom is -0.493 e. The largest absolute Gasteiger partial charge is 0.493 e. The van der Waals surface area contributed by atoms with E-state index in [-0.39, 0.29) is 5.91 Å². The predicted octanol–water partition coefficient (Wildman–Crippen LogP) is 3.74. The molecule has 0 heterocycles. The zero-order valence-electron chi connectivity index (χ0n) is 16.1. The Morgan fingerprint density at radius 1 is 1.07 bits per heavy atom. The number of carbonyl (C=O) groups is 2. The van der Waals surface area contributed by atoms with E-state index in [9.17, 15) is 9.59 Å². The number of nitrogens with zero attached hydrogens (tertiary/aromatic N) is 1. The van der Waals surface area contributed by atoms with Crippen LogP contribution in [0.2, 0.25) is 5.02 Å². The van der Waals surface area contributed by atoms with Gasteiger partial charge in [0.1, 0.15) is 0 Å². The molecule has 0 aliphatic heterocycles. The smallest absolute Gasteiger partial charge is 0.331 e. The van der Waals surface area contributed by atoms with Gasteiger partial charge >= 0.3 is 5.97 Å². The highest BCUT2D eigenvalue weighted by Crippen LogP contribution is 2.36. The van der Waals surface area contributed by atoms with Crippen molar-refractivity contribution in [3.63, 3.8) is 0 Å². The molecule has 0 N–H and O–H groups in total. The maximum absolute atomic E-state index is 12.4. The van der Waals surface area contributed by atoms with Crippen molar-refractivity contribution in [3.8, 4) is 11.5 Å². The maximum Gasteiger partial charge on any atom is 0.331 e. The van der Waals surface area contributed by atoms with Crippen molar-refractivity contribution < 1.29 is 23.8 Å². The summed E-state index contributed by atoms with van der Waals surface area (Å²) in [5, 5.41) is 0.347. The highest BCUT2D eigenvalue weighted by atomic mass is 35.5. The van der Waals surface area contributed by atoms with Gasteiger partial charge in [0.15, 0.2) is 11.5 Å². The lowest BCUT2D eigenvalue weighted by molar-refractivity contribution is -0.155. The summed E-state index contributed by atoms with van der Waals surface area (Å²) < 4.78 is 15.8. The molecule has 0 saturated heterocycles. The summed E-state index contributed by atoms with van der Waals surface area (Å²) in [5.74, 6) is -0.144. The van der Waals surface area contributed by atoms with Gasteiger partial charge in [-0.2, -0.15) is 0 Å². The molecule has 0 unspecified atom stereocenters. The molecule has 0 aromatic heterocycles. The number of hydrogen-bond acceptors (Lipinski definition) is 5. The average Bonchev–Trinajstić information content (AvgIpc) is 2.70. The van der Waals surface area contributed by atoms with Crippen LogP contribution in [0.1, 0.15) is 17.2 Å². The van der Waals surface area contributed by atoms with E-state index in [0.717, 1.165) is 0 Å². The summed E-state index contributed by atoms with van der Waals surface area (Å²) in [4.78, 5) is 26.1. The van der Waals surface area contributed by atoms with Crippen LogP contribution in [-0.2, 0) is 14.3 Å². The second-order valence-electron chi connectivity index (χ2n) is 6.03. The van der Waals surface area contributed by atoms with E-state index in [1.54, 1.807) is 50.5 Å². The lowest BCUT2D eigenvalue weighted by Crippen LogP contribution is -2.30. The van der Waals surface area contributed by atoms with E-state index < -0.39 is 12.1 Å². The minimum atomic E-state index is -1.03. The summed E-state index contributed by atoms with van der Waals surface area (Å²) in [7, 11) is 6.19. The number of esters is 1. The Morgan fingerprint density at radius 3 is 2.32 bits per heavy atom. The SMILES string of the molecule is COc1cc(/C=C/C(=O)O[C@@H](C(=O)N(C)C)c2ccccc2)cc(Cl)c1OC. The third-order valence-electron chi connectivity index (χ3n) is 3.87. The molecule has 0 aliphatic rings. The van der Waals surface area contributed by atoms with E-state index in [4.69, 9.17) is 25.8 Å². The van der Waals surface area contributed by atoms with Crippen LogP contribution < -0.4 is 9.47 Å². The van der Waals surface area contributed by atoms with Gasteiger partial charge in [-0.3, -0.25) is 4.79 Å². The lowest BCUT2D eigenvalue weighted by Gasteiger charge is -2.20. The van der Waals surface area contributed by atoms with Crippen LogP contribution in [0.15, 0.2) is 48.5 Å². The van der Waals surface area contributed by atoms with E-state index in [1.807, 2.05) is 6.07 Å². The molecular weight excluding hydrogens is 382 g/mol. The van der Waals surface area contributed by atoms with Gasteiger partial charge in [0.25, 0.3) is 5.91 Å².